The van der Waals surface area contributed by atoms with Gasteiger partial charge in [0, 0.05) is 0 Å². The van der Waals surface area contributed by atoms with Gasteiger partial charge in [-0.05, 0) is 60.7 Å². The SMILES string of the molecule is CC1CCCC2C3CC4CC4C3C12. The van der Waals surface area contributed by atoms with Crippen molar-refractivity contribution in [2.45, 2.75) is 39.0 Å². The lowest BCUT2D eigenvalue weighted by Crippen LogP contribution is -2.50. The van der Waals surface area contributed by atoms with Crippen molar-refractivity contribution in [2.24, 2.45) is 41.4 Å². The van der Waals surface area contributed by atoms with Gasteiger partial charge >= 0.3 is 0 Å². The molecule has 0 bridgehead atoms. The summed E-state index contributed by atoms with van der Waals surface area (Å²) in [6, 6.07) is 0. The molecule has 0 saturated heterocycles. The Morgan fingerprint density at radius 2 is 1.69 bits per heavy atom. The highest BCUT2D eigenvalue weighted by molar-refractivity contribution is 5.14. The van der Waals surface area contributed by atoms with Gasteiger partial charge < -0.3 is 0 Å². The van der Waals surface area contributed by atoms with Crippen molar-refractivity contribution in [3.05, 3.63) is 0 Å². The average Bonchev–Trinajstić information content (AvgIpc) is 2.78. The van der Waals surface area contributed by atoms with E-state index < -0.39 is 0 Å². The summed E-state index contributed by atoms with van der Waals surface area (Å²) in [4.78, 5) is 0. The maximum Gasteiger partial charge on any atom is -0.0318 e. The van der Waals surface area contributed by atoms with Crippen LogP contribution in [0.2, 0.25) is 0 Å². The minimum atomic E-state index is 1.08. The van der Waals surface area contributed by atoms with E-state index in [0.29, 0.717) is 0 Å². The molecule has 4 rings (SSSR count). The van der Waals surface area contributed by atoms with Crippen molar-refractivity contribution in [1.29, 1.82) is 0 Å². The highest BCUT2D eigenvalue weighted by Crippen LogP contribution is 2.72. The van der Waals surface area contributed by atoms with Crippen LogP contribution in [0.5, 0.6) is 0 Å². The predicted molar refractivity (Wildman–Crippen MR) is 53.2 cm³/mol. The molecule has 7 unspecified atom stereocenters. The molecular formula is C13H20. The number of hydrogen-bond donors (Lipinski definition) is 0. The Balaban J connectivity index is 1.64. The molecule has 0 radical (unpaired) electrons. The molecule has 0 aromatic rings. The van der Waals surface area contributed by atoms with Crippen LogP contribution >= 0.6 is 0 Å². The summed E-state index contributed by atoms with van der Waals surface area (Å²) in [7, 11) is 0. The highest BCUT2D eigenvalue weighted by atomic mass is 14.7. The minimum Gasteiger partial charge on any atom is -0.0622 e. The third-order valence-electron chi connectivity index (χ3n) is 5.88. The summed E-state index contributed by atoms with van der Waals surface area (Å²) < 4.78 is 0. The van der Waals surface area contributed by atoms with E-state index in [1.807, 2.05) is 0 Å². The molecule has 0 heteroatoms. The third kappa shape index (κ3) is 0.750. The molecule has 4 saturated carbocycles. The van der Waals surface area contributed by atoms with E-state index in [2.05, 4.69) is 6.92 Å². The Morgan fingerprint density at radius 3 is 2.62 bits per heavy atom. The third-order valence-corrected chi connectivity index (χ3v) is 5.88. The van der Waals surface area contributed by atoms with Crippen LogP contribution in [0.3, 0.4) is 0 Å². The molecule has 4 aliphatic rings. The van der Waals surface area contributed by atoms with E-state index in [9.17, 15) is 0 Å². The number of hydrogen-bond acceptors (Lipinski definition) is 0. The summed E-state index contributed by atoms with van der Waals surface area (Å²) in [5, 5.41) is 0. The van der Waals surface area contributed by atoms with Gasteiger partial charge in [-0.15, -0.1) is 0 Å². The zero-order valence-electron chi connectivity index (χ0n) is 8.58. The van der Waals surface area contributed by atoms with E-state index in [1.54, 1.807) is 32.1 Å². The maximum atomic E-state index is 2.53. The Kier molecular flexibility index (Phi) is 1.21. The lowest BCUT2D eigenvalue weighted by molar-refractivity contribution is -0.0797. The van der Waals surface area contributed by atoms with Crippen LogP contribution in [0.15, 0.2) is 0 Å². The molecule has 4 aliphatic carbocycles. The second-order valence-corrected chi connectivity index (χ2v) is 6.29. The van der Waals surface area contributed by atoms with Gasteiger partial charge in [-0.25, -0.2) is 0 Å². The molecule has 0 aliphatic heterocycles. The van der Waals surface area contributed by atoms with Crippen LogP contribution in [0.25, 0.3) is 0 Å². The lowest BCUT2D eigenvalue weighted by Gasteiger charge is -2.56. The summed E-state index contributed by atoms with van der Waals surface area (Å²) in [5.74, 6) is 8.36. The fourth-order valence-electron chi connectivity index (χ4n) is 5.37. The topological polar surface area (TPSA) is 0 Å². The second kappa shape index (κ2) is 2.15. The van der Waals surface area contributed by atoms with E-state index in [1.165, 1.54) is 35.5 Å². The van der Waals surface area contributed by atoms with Crippen molar-refractivity contribution in [3.63, 3.8) is 0 Å². The summed E-state index contributed by atoms with van der Waals surface area (Å²) in [5.41, 5.74) is 0. The smallest absolute Gasteiger partial charge is 0.0318 e. The summed E-state index contributed by atoms with van der Waals surface area (Å²) >= 11 is 0. The van der Waals surface area contributed by atoms with Gasteiger partial charge in [0.15, 0.2) is 0 Å². The molecule has 0 aromatic heterocycles. The maximum absolute atomic E-state index is 2.53. The van der Waals surface area contributed by atoms with Gasteiger partial charge in [-0.2, -0.15) is 0 Å². The molecule has 0 heterocycles. The van der Waals surface area contributed by atoms with Crippen LogP contribution < -0.4 is 0 Å². The van der Waals surface area contributed by atoms with Crippen molar-refractivity contribution in [2.75, 3.05) is 0 Å². The Bertz CT molecular complexity index is 244. The standard InChI is InChI=1S/C13H20/c1-7-3-2-4-9-11-6-8-5-10(8)13(11)12(7)9/h7-13H,2-6H2,1H3. The average molecular weight is 176 g/mol. The Hall–Kier alpha value is 0. The first-order valence-corrected chi connectivity index (χ1v) is 6.36. The van der Waals surface area contributed by atoms with E-state index in [0.717, 1.165) is 5.92 Å². The van der Waals surface area contributed by atoms with Crippen LogP contribution in [-0.2, 0) is 0 Å². The Morgan fingerprint density at radius 1 is 0.846 bits per heavy atom. The van der Waals surface area contributed by atoms with Crippen molar-refractivity contribution in [3.8, 4) is 0 Å². The van der Waals surface area contributed by atoms with Crippen molar-refractivity contribution < 1.29 is 0 Å². The van der Waals surface area contributed by atoms with Crippen LogP contribution in [0.1, 0.15) is 39.0 Å². The first kappa shape index (κ1) is 7.31. The second-order valence-electron chi connectivity index (χ2n) is 6.29. The molecule has 0 amide bonds. The molecule has 0 N–H and O–H groups in total. The van der Waals surface area contributed by atoms with Gasteiger partial charge in [0.2, 0.25) is 0 Å². The van der Waals surface area contributed by atoms with E-state index in [-0.39, 0.29) is 0 Å². The van der Waals surface area contributed by atoms with Crippen LogP contribution in [0, 0.1) is 41.4 Å². The largest absolute Gasteiger partial charge is 0.0622 e. The molecular weight excluding hydrogens is 156 g/mol. The molecule has 0 aromatic carbocycles. The minimum absolute atomic E-state index is 1.08. The van der Waals surface area contributed by atoms with Gasteiger partial charge in [0.25, 0.3) is 0 Å². The molecule has 0 spiro atoms. The monoisotopic (exact) mass is 176 g/mol. The predicted octanol–water partition coefficient (Wildman–Crippen LogP) is 3.32. The van der Waals surface area contributed by atoms with Crippen molar-refractivity contribution >= 4 is 0 Å². The zero-order valence-corrected chi connectivity index (χ0v) is 8.58. The molecule has 7 atom stereocenters. The Labute approximate surface area is 81.1 Å². The fraction of sp³-hybridized carbons (Fsp3) is 1.00. The van der Waals surface area contributed by atoms with E-state index >= 15 is 0 Å². The first-order chi connectivity index (χ1) is 6.36. The molecule has 0 nitrogen and oxygen atoms in total. The lowest BCUT2D eigenvalue weighted by atomic mass is 9.49. The van der Waals surface area contributed by atoms with E-state index in [4.69, 9.17) is 0 Å². The quantitative estimate of drug-likeness (QED) is 0.531. The zero-order chi connectivity index (χ0) is 8.58. The van der Waals surface area contributed by atoms with Crippen LogP contribution in [-0.4, -0.2) is 0 Å². The normalized spacial score (nSPS) is 67.6. The number of rotatable bonds is 0. The molecule has 13 heavy (non-hydrogen) atoms. The van der Waals surface area contributed by atoms with Gasteiger partial charge in [-0.3, -0.25) is 0 Å². The van der Waals surface area contributed by atoms with Gasteiger partial charge in [-0.1, -0.05) is 19.8 Å². The summed E-state index contributed by atoms with van der Waals surface area (Å²) in [6.45, 7) is 2.53. The summed E-state index contributed by atoms with van der Waals surface area (Å²) in [6.07, 6.45) is 7.94. The first-order valence-electron chi connectivity index (χ1n) is 6.36. The van der Waals surface area contributed by atoms with Crippen molar-refractivity contribution in [1.82, 2.24) is 0 Å². The highest BCUT2D eigenvalue weighted by Gasteiger charge is 2.66. The molecule has 4 fully saturated rings. The fourth-order valence-corrected chi connectivity index (χ4v) is 5.37. The van der Waals surface area contributed by atoms with Gasteiger partial charge in [0.1, 0.15) is 0 Å². The number of fused-ring (bicyclic) bond motifs is 6. The molecule has 72 valence electrons. The van der Waals surface area contributed by atoms with Gasteiger partial charge in [0.05, 0.1) is 0 Å². The van der Waals surface area contributed by atoms with Crippen LogP contribution in [0.4, 0.5) is 0 Å².